The van der Waals surface area contributed by atoms with Gasteiger partial charge in [-0.15, -0.1) is 0 Å². The smallest absolute Gasteiger partial charge is 0.338 e. The highest BCUT2D eigenvalue weighted by Crippen LogP contribution is 2.41. The molecule has 20 heavy (non-hydrogen) atoms. The maximum absolute atomic E-state index is 11.8. The molecule has 1 rings (SSSR count). The van der Waals surface area contributed by atoms with Crippen LogP contribution in [0.5, 0.6) is 0 Å². The van der Waals surface area contributed by atoms with E-state index in [4.69, 9.17) is 9.53 Å². The number of esters is 1. The Morgan fingerprint density at radius 2 is 1.80 bits per heavy atom. The van der Waals surface area contributed by atoms with Gasteiger partial charge in [-0.05, 0) is 19.3 Å². The van der Waals surface area contributed by atoms with Gasteiger partial charge in [0.25, 0.3) is 0 Å². The van der Waals surface area contributed by atoms with E-state index in [1.807, 2.05) is 20.6 Å². The summed E-state index contributed by atoms with van der Waals surface area (Å²) in [6, 6.07) is 0. The van der Waals surface area contributed by atoms with Crippen LogP contribution in [-0.2, 0) is 28.8 Å². The number of hydrogen-bond donors (Lipinski definition) is 0. The molecule has 1 heterocycles. The summed E-state index contributed by atoms with van der Waals surface area (Å²) in [6.45, 7) is 9.90. The van der Waals surface area contributed by atoms with Crippen molar-refractivity contribution in [2.45, 2.75) is 27.7 Å². The topological polar surface area (TPSA) is 90.0 Å². The zero-order valence-electron chi connectivity index (χ0n) is 12.6. The molecule has 0 bridgehead atoms. The first-order valence-electron chi connectivity index (χ1n) is 6.06. The molecule has 0 aromatic heterocycles. The molecule has 1 saturated heterocycles. The molecule has 0 spiro atoms. The van der Waals surface area contributed by atoms with Crippen LogP contribution < -0.4 is 0 Å². The Bertz CT molecular complexity index is 443. The maximum atomic E-state index is 11.8. The summed E-state index contributed by atoms with van der Waals surface area (Å²) in [5.74, 6) is -0.356. The molecule has 1 fully saturated rings. The largest absolute Gasteiger partial charge is 0.469 e. The van der Waals surface area contributed by atoms with Crippen LogP contribution in [0, 0.1) is 10.8 Å². The summed E-state index contributed by atoms with van der Waals surface area (Å²) in [7, 11) is -2.30. The standard InChI is InChI=1S/C11H21NO5S.CH2O/c1-10(2,11(3,4)9(13)16-5)8-12-6-7-17-18(12,14)15;1-2/h6-8H2,1-5H3;1H2. The van der Waals surface area contributed by atoms with Gasteiger partial charge in [-0.2, -0.15) is 12.7 Å². The highest BCUT2D eigenvalue weighted by Gasteiger charge is 2.47. The molecule has 0 aromatic rings. The molecule has 0 N–H and O–H groups in total. The normalized spacial score (nSPS) is 19.1. The second-order valence-corrected chi connectivity index (χ2v) is 7.22. The first kappa shape index (κ1) is 19.0. The molecule has 0 unspecified atom stereocenters. The van der Waals surface area contributed by atoms with E-state index < -0.39 is 21.1 Å². The van der Waals surface area contributed by atoms with Crippen molar-refractivity contribution in [2.24, 2.45) is 10.8 Å². The number of methoxy groups -OCH3 is 1. The lowest BCUT2D eigenvalue weighted by Gasteiger charge is -2.40. The fourth-order valence-electron chi connectivity index (χ4n) is 1.76. The van der Waals surface area contributed by atoms with Crippen molar-refractivity contribution in [2.75, 3.05) is 26.8 Å². The minimum absolute atomic E-state index is 0.164. The van der Waals surface area contributed by atoms with E-state index in [0.717, 1.165) is 0 Å². The van der Waals surface area contributed by atoms with Crippen molar-refractivity contribution in [1.82, 2.24) is 4.31 Å². The number of hydrogen-bond acceptors (Lipinski definition) is 6. The maximum Gasteiger partial charge on any atom is 0.338 e. The first-order chi connectivity index (χ1) is 9.04. The van der Waals surface area contributed by atoms with Gasteiger partial charge in [0, 0.05) is 13.1 Å². The Morgan fingerprint density at radius 1 is 1.30 bits per heavy atom. The number of carbonyl (C=O) groups is 2. The lowest BCUT2D eigenvalue weighted by atomic mass is 9.68. The van der Waals surface area contributed by atoms with Crippen LogP contribution in [0.15, 0.2) is 0 Å². The molecular weight excluding hydrogens is 286 g/mol. The fraction of sp³-hybridized carbons (Fsp3) is 0.833. The van der Waals surface area contributed by atoms with Crippen molar-refractivity contribution in [1.29, 1.82) is 0 Å². The average Bonchev–Trinajstić information content (AvgIpc) is 2.69. The third-order valence-corrected chi connectivity index (χ3v) is 5.26. The molecule has 0 atom stereocenters. The summed E-state index contributed by atoms with van der Waals surface area (Å²) in [6.07, 6.45) is 0. The summed E-state index contributed by atoms with van der Waals surface area (Å²) in [5.41, 5.74) is -1.36. The van der Waals surface area contributed by atoms with Gasteiger partial charge in [-0.3, -0.25) is 8.98 Å². The Labute approximate surface area is 120 Å². The van der Waals surface area contributed by atoms with Gasteiger partial charge in [-0.1, -0.05) is 13.8 Å². The van der Waals surface area contributed by atoms with Gasteiger partial charge >= 0.3 is 16.3 Å². The quantitative estimate of drug-likeness (QED) is 0.707. The summed E-state index contributed by atoms with van der Waals surface area (Å²) >= 11 is 0. The van der Waals surface area contributed by atoms with Gasteiger partial charge in [0.1, 0.15) is 6.79 Å². The van der Waals surface area contributed by atoms with E-state index in [-0.39, 0.29) is 19.1 Å². The van der Waals surface area contributed by atoms with Gasteiger partial charge in [0.05, 0.1) is 19.1 Å². The zero-order chi connectivity index (χ0) is 16.2. The summed E-state index contributed by atoms with van der Waals surface area (Å²) < 4.78 is 33.9. The SMILES string of the molecule is C=O.COC(=O)C(C)(C)C(C)(C)CN1CCOS1(=O)=O. The van der Waals surface area contributed by atoms with Crippen LogP contribution in [0.3, 0.4) is 0 Å². The second-order valence-electron chi connectivity index (χ2n) is 5.61. The predicted octanol–water partition coefficient (Wildman–Crippen LogP) is 0.604. The van der Waals surface area contributed by atoms with Gasteiger partial charge in [0.15, 0.2) is 0 Å². The molecule has 7 nitrogen and oxygen atoms in total. The minimum atomic E-state index is -3.63. The van der Waals surface area contributed by atoms with Crippen LogP contribution in [0.1, 0.15) is 27.7 Å². The highest BCUT2D eigenvalue weighted by atomic mass is 32.2. The van der Waals surface area contributed by atoms with Crippen LogP contribution in [-0.4, -0.2) is 52.3 Å². The molecule has 0 radical (unpaired) electrons. The molecule has 0 amide bonds. The number of carbonyl (C=O) groups excluding carboxylic acids is 2. The van der Waals surface area contributed by atoms with E-state index in [9.17, 15) is 13.2 Å². The second kappa shape index (κ2) is 6.64. The number of ether oxygens (including phenoxy) is 1. The lowest BCUT2D eigenvalue weighted by molar-refractivity contribution is -0.158. The molecule has 0 aliphatic carbocycles. The van der Waals surface area contributed by atoms with Gasteiger partial charge < -0.3 is 9.53 Å². The fourth-order valence-corrected chi connectivity index (χ4v) is 2.97. The number of nitrogens with zero attached hydrogens (tertiary/aromatic N) is 1. The van der Waals surface area contributed by atoms with E-state index in [2.05, 4.69) is 4.18 Å². The molecular formula is C12H23NO6S. The summed E-state index contributed by atoms with van der Waals surface area (Å²) in [5, 5.41) is 0. The molecule has 1 aliphatic rings. The van der Waals surface area contributed by atoms with Gasteiger partial charge in [0.2, 0.25) is 0 Å². The van der Waals surface area contributed by atoms with Crippen molar-refractivity contribution < 1.29 is 26.9 Å². The lowest BCUT2D eigenvalue weighted by Crippen LogP contribution is -2.48. The summed E-state index contributed by atoms with van der Waals surface area (Å²) in [4.78, 5) is 19.8. The van der Waals surface area contributed by atoms with E-state index in [0.29, 0.717) is 6.54 Å². The monoisotopic (exact) mass is 309 g/mol. The predicted molar refractivity (Wildman–Crippen MR) is 73.1 cm³/mol. The Balaban J connectivity index is 0.00000172. The highest BCUT2D eigenvalue weighted by molar-refractivity contribution is 7.84. The van der Waals surface area contributed by atoms with Crippen LogP contribution >= 0.6 is 0 Å². The van der Waals surface area contributed by atoms with E-state index in [1.54, 1.807) is 13.8 Å². The molecule has 118 valence electrons. The van der Waals surface area contributed by atoms with Crippen molar-refractivity contribution in [3.8, 4) is 0 Å². The Hall–Kier alpha value is -0.990. The molecule has 1 aliphatic heterocycles. The molecule has 8 heteroatoms. The van der Waals surface area contributed by atoms with E-state index in [1.165, 1.54) is 11.4 Å². The van der Waals surface area contributed by atoms with Gasteiger partial charge in [-0.25, -0.2) is 0 Å². The van der Waals surface area contributed by atoms with Crippen LogP contribution in [0.4, 0.5) is 0 Å². The Morgan fingerprint density at radius 3 is 2.15 bits per heavy atom. The van der Waals surface area contributed by atoms with E-state index >= 15 is 0 Å². The molecule has 0 aromatic carbocycles. The van der Waals surface area contributed by atoms with Crippen LogP contribution in [0.2, 0.25) is 0 Å². The third-order valence-electron chi connectivity index (χ3n) is 3.85. The minimum Gasteiger partial charge on any atom is -0.469 e. The third kappa shape index (κ3) is 3.77. The van der Waals surface area contributed by atoms with Crippen molar-refractivity contribution in [3.05, 3.63) is 0 Å². The van der Waals surface area contributed by atoms with Crippen LogP contribution in [0.25, 0.3) is 0 Å². The average molecular weight is 309 g/mol. The Kier molecular flexibility index (Phi) is 6.31. The molecule has 0 saturated carbocycles. The zero-order valence-corrected chi connectivity index (χ0v) is 13.4. The van der Waals surface area contributed by atoms with Crippen molar-refractivity contribution >= 4 is 23.1 Å². The van der Waals surface area contributed by atoms with Crippen molar-refractivity contribution in [3.63, 3.8) is 0 Å². The number of rotatable bonds is 4. The first-order valence-corrected chi connectivity index (χ1v) is 7.43.